The first-order chi connectivity index (χ1) is 9.56. The average molecular weight is 353 g/mol. The number of aromatic nitrogens is 2. The van der Waals surface area contributed by atoms with Crippen LogP contribution in [0.5, 0.6) is 0 Å². The van der Waals surface area contributed by atoms with Gasteiger partial charge in [-0.15, -0.1) is 0 Å². The maximum Gasteiger partial charge on any atom is 0.138 e. The van der Waals surface area contributed by atoms with E-state index in [1.165, 1.54) is 5.56 Å². The van der Waals surface area contributed by atoms with Gasteiger partial charge in [0.2, 0.25) is 0 Å². The van der Waals surface area contributed by atoms with Crippen LogP contribution in [-0.4, -0.2) is 9.97 Å². The lowest BCUT2D eigenvalue weighted by molar-refractivity contribution is 0.922. The highest BCUT2D eigenvalue weighted by Crippen LogP contribution is 2.40. The summed E-state index contributed by atoms with van der Waals surface area (Å²) in [4.78, 5) is 9.01. The lowest BCUT2D eigenvalue weighted by Gasteiger charge is -2.13. The smallest absolute Gasteiger partial charge is 0.138 e. The molecule has 1 aromatic carbocycles. The molecule has 0 amide bonds. The van der Waals surface area contributed by atoms with Gasteiger partial charge >= 0.3 is 0 Å². The molecule has 1 aliphatic carbocycles. The summed E-state index contributed by atoms with van der Waals surface area (Å²) in [5, 5.41) is 3.90. The Morgan fingerprint density at radius 1 is 1.25 bits per heavy atom. The highest BCUT2D eigenvalue weighted by molar-refractivity contribution is 9.10. The zero-order valence-corrected chi connectivity index (χ0v) is 13.7. The molecule has 1 aliphatic rings. The molecule has 0 unspecified atom stereocenters. The predicted molar refractivity (Wildman–Crippen MR) is 85.9 cm³/mol. The number of nitrogens with zero attached hydrogens (tertiary/aromatic N) is 2. The van der Waals surface area contributed by atoms with E-state index >= 15 is 0 Å². The van der Waals surface area contributed by atoms with Gasteiger partial charge in [0.15, 0.2) is 0 Å². The second-order valence-electron chi connectivity index (χ2n) is 5.18. The number of hydrogen-bond acceptors (Lipinski definition) is 3. The molecule has 5 heteroatoms. The molecule has 1 heterocycles. The lowest BCUT2D eigenvalue weighted by Crippen LogP contribution is -2.03. The van der Waals surface area contributed by atoms with Gasteiger partial charge < -0.3 is 5.32 Å². The number of anilines is 2. The van der Waals surface area contributed by atoms with Crippen molar-refractivity contribution in [2.24, 2.45) is 0 Å². The first kappa shape index (κ1) is 13.8. The maximum atomic E-state index is 6.23. The molecule has 1 saturated carbocycles. The van der Waals surface area contributed by atoms with Crippen LogP contribution in [0.2, 0.25) is 5.15 Å². The van der Waals surface area contributed by atoms with Gasteiger partial charge in [-0.1, -0.05) is 23.7 Å². The summed E-state index contributed by atoms with van der Waals surface area (Å²) in [5.74, 6) is 2.12. The van der Waals surface area contributed by atoms with E-state index in [-0.39, 0.29) is 0 Å². The molecule has 0 saturated heterocycles. The SMILES string of the molecule is Cc1cccc(Nc2nc(C3CC3)nc(Cl)c2C)c1Br. The molecule has 0 radical (unpaired) electrons. The van der Waals surface area contributed by atoms with Crippen molar-refractivity contribution in [2.45, 2.75) is 32.6 Å². The number of halogens is 2. The molecule has 0 aliphatic heterocycles. The van der Waals surface area contributed by atoms with Gasteiger partial charge in [0.05, 0.1) is 5.69 Å². The lowest BCUT2D eigenvalue weighted by atomic mass is 10.2. The second kappa shape index (κ2) is 5.34. The van der Waals surface area contributed by atoms with E-state index in [9.17, 15) is 0 Å². The Kier molecular flexibility index (Phi) is 3.69. The Morgan fingerprint density at radius 2 is 2.00 bits per heavy atom. The summed E-state index contributed by atoms with van der Waals surface area (Å²) in [7, 11) is 0. The summed E-state index contributed by atoms with van der Waals surface area (Å²) in [6.07, 6.45) is 2.32. The topological polar surface area (TPSA) is 37.8 Å². The van der Waals surface area contributed by atoms with E-state index in [4.69, 9.17) is 11.6 Å². The fraction of sp³-hybridized carbons (Fsp3) is 0.333. The third-order valence-electron chi connectivity index (χ3n) is 3.49. The largest absolute Gasteiger partial charge is 0.339 e. The molecule has 3 nitrogen and oxygen atoms in total. The van der Waals surface area contributed by atoms with Crippen molar-refractivity contribution in [3.05, 3.63) is 44.8 Å². The van der Waals surface area contributed by atoms with E-state index in [0.717, 1.165) is 40.2 Å². The van der Waals surface area contributed by atoms with Crippen LogP contribution in [-0.2, 0) is 0 Å². The summed E-state index contributed by atoms with van der Waals surface area (Å²) in [6, 6.07) is 6.09. The van der Waals surface area contributed by atoms with E-state index in [1.54, 1.807) is 0 Å². The van der Waals surface area contributed by atoms with Crippen LogP contribution in [0.3, 0.4) is 0 Å². The van der Waals surface area contributed by atoms with Gasteiger partial charge in [-0.05, 0) is 54.2 Å². The maximum absolute atomic E-state index is 6.23. The van der Waals surface area contributed by atoms with Gasteiger partial charge in [0.25, 0.3) is 0 Å². The van der Waals surface area contributed by atoms with Crippen molar-refractivity contribution in [3.63, 3.8) is 0 Å². The normalized spacial score (nSPS) is 14.4. The van der Waals surface area contributed by atoms with Crippen LogP contribution in [0.25, 0.3) is 0 Å². The molecule has 1 N–H and O–H groups in total. The molecule has 20 heavy (non-hydrogen) atoms. The monoisotopic (exact) mass is 351 g/mol. The number of benzene rings is 1. The summed E-state index contributed by atoms with van der Waals surface area (Å²) in [5.41, 5.74) is 3.05. The van der Waals surface area contributed by atoms with Crippen LogP contribution in [0.1, 0.15) is 35.7 Å². The zero-order valence-electron chi connectivity index (χ0n) is 11.4. The van der Waals surface area contributed by atoms with E-state index < -0.39 is 0 Å². The first-order valence-corrected chi connectivity index (χ1v) is 7.79. The highest BCUT2D eigenvalue weighted by atomic mass is 79.9. The van der Waals surface area contributed by atoms with Gasteiger partial charge in [-0.25, -0.2) is 9.97 Å². The van der Waals surface area contributed by atoms with Crippen molar-refractivity contribution < 1.29 is 0 Å². The molecular weight excluding hydrogens is 338 g/mol. The van der Waals surface area contributed by atoms with E-state index in [2.05, 4.69) is 44.2 Å². The Hall–Kier alpha value is -1.13. The Labute approximate surface area is 131 Å². The number of hydrogen-bond donors (Lipinski definition) is 1. The summed E-state index contributed by atoms with van der Waals surface area (Å²) in [6.45, 7) is 4.00. The molecule has 3 rings (SSSR count). The number of nitrogens with one attached hydrogen (secondary N) is 1. The van der Waals surface area contributed by atoms with E-state index in [0.29, 0.717) is 11.1 Å². The minimum atomic E-state index is 0.481. The quantitative estimate of drug-likeness (QED) is 0.778. The summed E-state index contributed by atoms with van der Waals surface area (Å²) < 4.78 is 1.04. The fourth-order valence-corrected chi connectivity index (χ4v) is 2.56. The van der Waals surface area contributed by atoms with Gasteiger partial charge in [0, 0.05) is 16.0 Å². The minimum Gasteiger partial charge on any atom is -0.339 e. The third kappa shape index (κ3) is 2.67. The third-order valence-corrected chi connectivity index (χ3v) is 4.91. The van der Waals surface area contributed by atoms with Crippen LogP contribution < -0.4 is 5.32 Å². The standard InChI is InChI=1S/C15H15BrClN3/c1-8-4-3-5-11(12(8)16)18-14-9(2)13(17)19-15(20-14)10-6-7-10/h3-5,10H,6-7H2,1-2H3,(H,18,19,20). The van der Waals surface area contributed by atoms with Crippen LogP contribution >= 0.6 is 27.5 Å². The van der Waals surface area contributed by atoms with Gasteiger partial charge in [-0.2, -0.15) is 0 Å². The van der Waals surface area contributed by atoms with Crippen molar-refractivity contribution in [1.82, 2.24) is 9.97 Å². The Morgan fingerprint density at radius 3 is 2.70 bits per heavy atom. The second-order valence-corrected chi connectivity index (χ2v) is 6.33. The molecular formula is C15H15BrClN3. The molecule has 104 valence electrons. The van der Waals surface area contributed by atoms with Crippen molar-refractivity contribution in [1.29, 1.82) is 0 Å². The number of rotatable bonds is 3. The molecule has 1 fully saturated rings. The van der Waals surface area contributed by atoms with Crippen LogP contribution in [0, 0.1) is 13.8 Å². The molecule has 0 bridgehead atoms. The van der Waals surface area contributed by atoms with Crippen molar-refractivity contribution in [3.8, 4) is 0 Å². The number of aryl methyl sites for hydroxylation is 1. The van der Waals surface area contributed by atoms with Gasteiger partial charge in [-0.3, -0.25) is 0 Å². The zero-order chi connectivity index (χ0) is 14.3. The molecule has 0 spiro atoms. The highest BCUT2D eigenvalue weighted by Gasteiger charge is 2.28. The fourth-order valence-electron chi connectivity index (χ4n) is 2.02. The first-order valence-electron chi connectivity index (χ1n) is 6.62. The van der Waals surface area contributed by atoms with Gasteiger partial charge in [0.1, 0.15) is 16.8 Å². The van der Waals surface area contributed by atoms with Crippen LogP contribution in [0.4, 0.5) is 11.5 Å². The van der Waals surface area contributed by atoms with E-state index in [1.807, 2.05) is 19.1 Å². The Bertz CT molecular complexity index is 668. The Balaban J connectivity index is 1.99. The minimum absolute atomic E-state index is 0.481. The van der Waals surface area contributed by atoms with Crippen molar-refractivity contribution in [2.75, 3.05) is 5.32 Å². The van der Waals surface area contributed by atoms with Crippen LogP contribution in [0.15, 0.2) is 22.7 Å². The summed E-state index contributed by atoms with van der Waals surface area (Å²) >= 11 is 9.83. The molecule has 2 aromatic rings. The molecule has 1 aromatic heterocycles. The average Bonchev–Trinajstić information content (AvgIpc) is 3.24. The predicted octanol–water partition coefficient (Wildman–Crippen LogP) is 5.13. The van der Waals surface area contributed by atoms with Crippen molar-refractivity contribution >= 4 is 39.0 Å². The molecule has 0 atom stereocenters.